The lowest BCUT2D eigenvalue weighted by molar-refractivity contribution is -0.146. The molecule has 0 aromatic heterocycles. The maximum Gasteiger partial charge on any atom is 0.310 e. The van der Waals surface area contributed by atoms with Crippen molar-refractivity contribution < 1.29 is 14.7 Å². The van der Waals surface area contributed by atoms with Crippen LogP contribution in [0.5, 0.6) is 0 Å². The molecule has 0 saturated carbocycles. The van der Waals surface area contributed by atoms with Crippen LogP contribution in [0.2, 0.25) is 0 Å². The molecule has 0 fully saturated rings. The highest BCUT2D eigenvalue weighted by atomic mass is 16.4. The Balaban J connectivity index is 2.03. The summed E-state index contributed by atoms with van der Waals surface area (Å²) in [5.74, 6) is -1.16. The minimum Gasteiger partial charge on any atom is -0.481 e. The van der Waals surface area contributed by atoms with Crippen molar-refractivity contribution >= 4 is 17.6 Å². The van der Waals surface area contributed by atoms with Crippen LogP contribution < -0.4 is 10.6 Å². The van der Waals surface area contributed by atoms with E-state index >= 15 is 0 Å². The summed E-state index contributed by atoms with van der Waals surface area (Å²) in [6.07, 6.45) is 0.914. The third-order valence-electron chi connectivity index (χ3n) is 3.35. The second kappa shape index (κ2) is 4.91. The molecule has 0 unspecified atom stereocenters. The smallest absolute Gasteiger partial charge is 0.310 e. The Kier molecular flexibility index (Phi) is 3.46. The van der Waals surface area contributed by atoms with Crippen molar-refractivity contribution in [3.05, 3.63) is 29.3 Å². The summed E-state index contributed by atoms with van der Waals surface area (Å²) in [7, 11) is 0. The van der Waals surface area contributed by atoms with Gasteiger partial charge in [-0.3, -0.25) is 9.59 Å². The normalized spacial score (nSPS) is 13.6. The Labute approximate surface area is 112 Å². The first-order valence-electron chi connectivity index (χ1n) is 6.28. The van der Waals surface area contributed by atoms with Gasteiger partial charge in [0.2, 0.25) is 0 Å². The van der Waals surface area contributed by atoms with E-state index in [1.165, 1.54) is 0 Å². The number of aliphatic carboxylic acids is 1. The van der Waals surface area contributed by atoms with E-state index in [1.807, 2.05) is 12.1 Å². The van der Waals surface area contributed by atoms with Gasteiger partial charge in [0.25, 0.3) is 5.91 Å². The van der Waals surface area contributed by atoms with Gasteiger partial charge in [0.05, 0.1) is 5.41 Å². The molecule has 5 nitrogen and oxygen atoms in total. The van der Waals surface area contributed by atoms with Crippen LogP contribution in [0.4, 0.5) is 5.69 Å². The molecule has 1 aromatic carbocycles. The highest BCUT2D eigenvalue weighted by molar-refractivity contribution is 5.95. The van der Waals surface area contributed by atoms with E-state index in [1.54, 1.807) is 19.9 Å². The Morgan fingerprint density at radius 2 is 2.16 bits per heavy atom. The quantitative estimate of drug-likeness (QED) is 0.768. The summed E-state index contributed by atoms with van der Waals surface area (Å²) in [6.45, 7) is 4.17. The van der Waals surface area contributed by atoms with Crippen LogP contribution in [-0.4, -0.2) is 30.1 Å². The first kappa shape index (κ1) is 13.4. The molecule has 0 spiro atoms. The number of benzene rings is 1. The fourth-order valence-corrected chi connectivity index (χ4v) is 1.93. The molecule has 1 aliphatic rings. The number of carbonyl (C=O) groups excluding carboxylic acids is 1. The van der Waals surface area contributed by atoms with Gasteiger partial charge in [-0.1, -0.05) is 0 Å². The Morgan fingerprint density at radius 3 is 2.84 bits per heavy atom. The zero-order chi connectivity index (χ0) is 14.0. The van der Waals surface area contributed by atoms with Crippen molar-refractivity contribution in [1.29, 1.82) is 0 Å². The monoisotopic (exact) mass is 262 g/mol. The molecule has 2 rings (SSSR count). The molecule has 0 aliphatic carbocycles. The SMILES string of the molecule is CC(C)(CNC(=O)c1ccc2c(c1)CCN2)C(=O)O. The number of fused-ring (bicyclic) bond motifs is 1. The van der Waals surface area contributed by atoms with Crippen molar-refractivity contribution in [3.8, 4) is 0 Å². The average Bonchev–Trinajstić information content (AvgIpc) is 2.82. The summed E-state index contributed by atoms with van der Waals surface area (Å²) in [5.41, 5.74) is 1.81. The van der Waals surface area contributed by atoms with E-state index in [0.717, 1.165) is 24.2 Å². The van der Waals surface area contributed by atoms with Crippen LogP contribution in [-0.2, 0) is 11.2 Å². The highest BCUT2D eigenvalue weighted by Gasteiger charge is 2.27. The fourth-order valence-electron chi connectivity index (χ4n) is 1.93. The van der Waals surface area contributed by atoms with Gasteiger partial charge < -0.3 is 15.7 Å². The first-order chi connectivity index (χ1) is 8.90. The van der Waals surface area contributed by atoms with E-state index in [0.29, 0.717) is 5.56 Å². The molecular weight excluding hydrogens is 244 g/mol. The Bertz CT molecular complexity index is 523. The first-order valence-corrected chi connectivity index (χ1v) is 6.28. The predicted octanol–water partition coefficient (Wildman–Crippen LogP) is 1.50. The largest absolute Gasteiger partial charge is 0.481 e. The number of amides is 1. The van der Waals surface area contributed by atoms with Gasteiger partial charge in [-0.2, -0.15) is 0 Å². The third-order valence-corrected chi connectivity index (χ3v) is 3.35. The second-order valence-electron chi connectivity index (χ2n) is 5.42. The number of carboxylic acid groups (broad SMARTS) is 1. The second-order valence-corrected chi connectivity index (χ2v) is 5.42. The molecule has 1 heterocycles. The number of nitrogens with one attached hydrogen (secondary N) is 2. The summed E-state index contributed by atoms with van der Waals surface area (Å²) in [6, 6.07) is 5.50. The van der Waals surface area contributed by atoms with Gasteiger partial charge in [0.1, 0.15) is 0 Å². The molecule has 0 atom stereocenters. The summed E-state index contributed by atoms with van der Waals surface area (Å²) in [5, 5.41) is 14.9. The van der Waals surface area contributed by atoms with Crippen LogP contribution >= 0.6 is 0 Å². The van der Waals surface area contributed by atoms with Crippen LogP contribution in [0.1, 0.15) is 29.8 Å². The van der Waals surface area contributed by atoms with Crippen LogP contribution in [0, 0.1) is 5.41 Å². The number of anilines is 1. The molecule has 1 aromatic rings. The van der Waals surface area contributed by atoms with E-state index in [9.17, 15) is 9.59 Å². The molecule has 0 saturated heterocycles. The molecule has 1 amide bonds. The number of carboxylic acids is 1. The van der Waals surface area contributed by atoms with Gasteiger partial charge in [-0.05, 0) is 44.0 Å². The fraction of sp³-hybridized carbons (Fsp3) is 0.429. The predicted molar refractivity (Wildman–Crippen MR) is 72.4 cm³/mol. The average molecular weight is 262 g/mol. The molecule has 3 N–H and O–H groups in total. The van der Waals surface area contributed by atoms with E-state index in [-0.39, 0.29) is 12.5 Å². The minimum atomic E-state index is -0.964. The van der Waals surface area contributed by atoms with Crippen molar-refractivity contribution in [2.24, 2.45) is 5.41 Å². The lowest BCUT2D eigenvalue weighted by Crippen LogP contribution is -2.38. The van der Waals surface area contributed by atoms with Crippen LogP contribution in [0.3, 0.4) is 0 Å². The zero-order valence-electron chi connectivity index (χ0n) is 11.1. The lowest BCUT2D eigenvalue weighted by Gasteiger charge is -2.19. The summed E-state index contributed by atoms with van der Waals surface area (Å²) < 4.78 is 0. The van der Waals surface area contributed by atoms with Crippen molar-refractivity contribution in [2.75, 3.05) is 18.4 Å². The minimum absolute atomic E-state index is 0.108. The number of carbonyl (C=O) groups is 2. The Morgan fingerprint density at radius 1 is 1.42 bits per heavy atom. The molecule has 102 valence electrons. The summed E-state index contributed by atoms with van der Waals surface area (Å²) in [4.78, 5) is 23.0. The summed E-state index contributed by atoms with van der Waals surface area (Å²) >= 11 is 0. The number of hydrogen-bond donors (Lipinski definition) is 3. The van der Waals surface area contributed by atoms with Crippen molar-refractivity contribution in [3.63, 3.8) is 0 Å². The third kappa shape index (κ3) is 2.86. The number of rotatable bonds is 4. The van der Waals surface area contributed by atoms with Gasteiger partial charge in [0.15, 0.2) is 0 Å². The van der Waals surface area contributed by atoms with E-state index < -0.39 is 11.4 Å². The van der Waals surface area contributed by atoms with E-state index in [2.05, 4.69) is 10.6 Å². The zero-order valence-corrected chi connectivity index (χ0v) is 11.1. The maximum absolute atomic E-state index is 12.0. The van der Waals surface area contributed by atoms with Gasteiger partial charge in [-0.25, -0.2) is 0 Å². The van der Waals surface area contributed by atoms with Crippen molar-refractivity contribution in [2.45, 2.75) is 20.3 Å². The molecule has 0 bridgehead atoms. The lowest BCUT2D eigenvalue weighted by atomic mass is 9.94. The van der Waals surface area contributed by atoms with E-state index in [4.69, 9.17) is 5.11 Å². The van der Waals surface area contributed by atoms with Crippen LogP contribution in [0.15, 0.2) is 18.2 Å². The molecule has 1 aliphatic heterocycles. The standard InChI is InChI=1S/C14H18N2O3/c1-14(2,13(18)19)8-16-12(17)10-3-4-11-9(7-10)5-6-15-11/h3-4,7,15H,5-6,8H2,1-2H3,(H,16,17)(H,18,19). The maximum atomic E-state index is 12.0. The van der Waals surface area contributed by atoms with Crippen molar-refractivity contribution in [1.82, 2.24) is 5.32 Å². The Hall–Kier alpha value is -2.04. The number of hydrogen-bond acceptors (Lipinski definition) is 3. The van der Waals surface area contributed by atoms with Crippen LogP contribution in [0.25, 0.3) is 0 Å². The topological polar surface area (TPSA) is 78.4 Å². The molecule has 5 heteroatoms. The molecular formula is C14H18N2O3. The molecule has 19 heavy (non-hydrogen) atoms. The van der Waals surface area contributed by atoms with Gasteiger partial charge >= 0.3 is 5.97 Å². The van der Waals surface area contributed by atoms with Gasteiger partial charge in [-0.15, -0.1) is 0 Å². The highest BCUT2D eigenvalue weighted by Crippen LogP contribution is 2.23. The molecule has 0 radical (unpaired) electrons. The van der Waals surface area contributed by atoms with Gasteiger partial charge in [0, 0.05) is 24.3 Å².